The highest BCUT2D eigenvalue weighted by Crippen LogP contribution is 2.20. The molecule has 2 rings (SSSR count). The van der Waals surface area contributed by atoms with Gasteiger partial charge in [0.05, 0.1) is 0 Å². The van der Waals surface area contributed by atoms with Crippen molar-refractivity contribution in [1.29, 1.82) is 0 Å². The van der Waals surface area contributed by atoms with Crippen LogP contribution >= 0.6 is 0 Å². The molecule has 0 radical (unpaired) electrons. The van der Waals surface area contributed by atoms with Gasteiger partial charge in [-0.15, -0.1) is 0 Å². The van der Waals surface area contributed by atoms with Crippen molar-refractivity contribution < 1.29 is 19.0 Å². The molecule has 0 spiro atoms. The molecule has 0 aliphatic carbocycles. The molecule has 98 valence electrons. The van der Waals surface area contributed by atoms with Crippen LogP contribution in [0.25, 0.3) is 0 Å². The molecule has 1 heterocycles. The van der Waals surface area contributed by atoms with Crippen LogP contribution < -0.4 is 5.32 Å². The van der Waals surface area contributed by atoms with Gasteiger partial charge in [0.1, 0.15) is 17.1 Å². The SMILES string of the molecule is O=C(NCCC1CCOC1)c1c(O)cccc1F. The average Bonchev–Trinajstić information content (AvgIpc) is 2.82. The Balaban J connectivity index is 1.87. The van der Waals surface area contributed by atoms with Gasteiger partial charge in [-0.05, 0) is 30.9 Å². The molecule has 1 aliphatic rings. The lowest BCUT2D eigenvalue weighted by Gasteiger charge is -2.10. The molecule has 0 aromatic heterocycles. The summed E-state index contributed by atoms with van der Waals surface area (Å²) in [6, 6.07) is 3.81. The van der Waals surface area contributed by atoms with Crippen LogP contribution in [0, 0.1) is 11.7 Å². The minimum absolute atomic E-state index is 0.292. The number of halogens is 1. The number of amides is 1. The van der Waals surface area contributed by atoms with Gasteiger partial charge in [-0.1, -0.05) is 6.07 Å². The van der Waals surface area contributed by atoms with Crippen molar-refractivity contribution in [2.24, 2.45) is 5.92 Å². The van der Waals surface area contributed by atoms with Crippen molar-refractivity contribution in [2.75, 3.05) is 19.8 Å². The summed E-state index contributed by atoms with van der Waals surface area (Å²) in [7, 11) is 0. The normalized spacial score (nSPS) is 18.8. The molecule has 1 aromatic carbocycles. The Kier molecular flexibility index (Phi) is 4.15. The Labute approximate surface area is 105 Å². The van der Waals surface area contributed by atoms with E-state index >= 15 is 0 Å². The number of hydrogen-bond donors (Lipinski definition) is 2. The number of carbonyl (C=O) groups excluding carboxylic acids is 1. The molecule has 1 fully saturated rings. The lowest BCUT2D eigenvalue weighted by molar-refractivity contribution is 0.0943. The highest BCUT2D eigenvalue weighted by molar-refractivity contribution is 5.97. The quantitative estimate of drug-likeness (QED) is 0.858. The zero-order chi connectivity index (χ0) is 13.0. The summed E-state index contributed by atoms with van der Waals surface area (Å²) >= 11 is 0. The number of phenols is 1. The van der Waals surface area contributed by atoms with E-state index in [0.717, 1.165) is 32.1 Å². The zero-order valence-corrected chi connectivity index (χ0v) is 9.99. The summed E-state index contributed by atoms with van der Waals surface area (Å²) in [6.07, 6.45) is 1.81. The van der Waals surface area contributed by atoms with Crippen LogP contribution in [0.3, 0.4) is 0 Å². The van der Waals surface area contributed by atoms with E-state index in [4.69, 9.17) is 4.74 Å². The Morgan fingerprint density at radius 1 is 1.56 bits per heavy atom. The van der Waals surface area contributed by atoms with Crippen molar-refractivity contribution in [1.82, 2.24) is 5.32 Å². The summed E-state index contributed by atoms with van der Waals surface area (Å²) in [5, 5.41) is 12.1. The lowest BCUT2D eigenvalue weighted by atomic mass is 10.1. The van der Waals surface area contributed by atoms with Crippen molar-refractivity contribution >= 4 is 5.91 Å². The van der Waals surface area contributed by atoms with Crippen LogP contribution in [0.5, 0.6) is 5.75 Å². The van der Waals surface area contributed by atoms with Gasteiger partial charge in [0.25, 0.3) is 5.91 Å². The first-order valence-electron chi connectivity index (χ1n) is 6.02. The third kappa shape index (κ3) is 2.98. The van der Waals surface area contributed by atoms with Crippen molar-refractivity contribution in [3.05, 3.63) is 29.6 Å². The fourth-order valence-corrected chi connectivity index (χ4v) is 2.03. The smallest absolute Gasteiger partial charge is 0.258 e. The second-order valence-electron chi connectivity index (χ2n) is 4.41. The highest BCUT2D eigenvalue weighted by atomic mass is 19.1. The van der Waals surface area contributed by atoms with Gasteiger partial charge < -0.3 is 15.2 Å². The molecular formula is C13H16FNO3. The highest BCUT2D eigenvalue weighted by Gasteiger charge is 2.18. The maximum Gasteiger partial charge on any atom is 0.258 e. The van der Waals surface area contributed by atoms with E-state index in [-0.39, 0.29) is 11.3 Å². The van der Waals surface area contributed by atoms with E-state index in [9.17, 15) is 14.3 Å². The molecule has 1 saturated heterocycles. The van der Waals surface area contributed by atoms with Gasteiger partial charge in [0.2, 0.25) is 0 Å². The predicted octanol–water partition coefficient (Wildman–Crippen LogP) is 1.69. The largest absolute Gasteiger partial charge is 0.507 e. The van der Waals surface area contributed by atoms with E-state index < -0.39 is 11.7 Å². The molecule has 0 saturated carbocycles. The number of nitrogens with one attached hydrogen (secondary N) is 1. The second kappa shape index (κ2) is 5.82. The molecule has 5 heteroatoms. The summed E-state index contributed by atoms with van der Waals surface area (Å²) in [5.74, 6) is -1.17. The van der Waals surface area contributed by atoms with E-state index in [0.29, 0.717) is 12.5 Å². The fourth-order valence-electron chi connectivity index (χ4n) is 2.03. The summed E-state index contributed by atoms with van der Waals surface area (Å²) in [6.45, 7) is 1.95. The fraction of sp³-hybridized carbons (Fsp3) is 0.462. The molecule has 1 aliphatic heterocycles. The number of carbonyl (C=O) groups is 1. The monoisotopic (exact) mass is 253 g/mol. The maximum atomic E-state index is 13.4. The minimum Gasteiger partial charge on any atom is -0.507 e. The molecule has 1 amide bonds. The average molecular weight is 253 g/mol. The molecule has 4 nitrogen and oxygen atoms in total. The lowest BCUT2D eigenvalue weighted by Crippen LogP contribution is -2.27. The van der Waals surface area contributed by atoms with E-state index in [1.54, 1.807) is 0 Å². The van der Waals surface area contributed by atoms with Crippen LogP contribution in [0.4, 0.5) is 4.39 Å². The van der Waals surface area contributed by atoms with E-state index in [2.05, 4.69) is 5.32 Å². The van der Waals surface area contributed by atoms with Crippen LogP contribution in [-0.4, -0.2) is 30.8 Å². The van der Waals surface area contributed by atoms with Gasteiger partial charge in [-0.3, -0.25) is 4.79 Å². The maximum absolute atomic E-state index is 13.4. The van der Waals surface area contributed by atoms with Crippen LogP contribution in [-0.2, 0) is 4.74 Å². The summed E-state index contributed by atoms with van der Waals surface area (Å²) in [5.41, 5.74) is -0.292. The van der Waals surface area contributed by atoms with Crippen molar-refractivity contribution in [3.8, 4) is 5.75 Å². The number of ether oxygens (including phenoxy) is 1. The second-order valence-corrected chi connectivity index (χ2v) is 4.41. The van der Waals surface area contributed by atoms with Gasteiger partial charge in [0.15, 0.2) is 0 Å². The first kappa shape index (κ1) is 12.8. The Hall–Kier alpha value is -1.62. The number of benzene rings is 1. The van der Waals surface area contributed by atoms with Crippen LogP contribution in [0.15, 0.2) is 18.2 Å². The summed E-state index contributed by atoms with van der Waals surface area (Å²) in [4.78, 5) is 11.7. The molecule has 0 bridgehead atoms. The van der Waals surface area contributed by atoms with Gasteiger partial charge in [-0.25, -0.2) is 4.39 Å². The van der Waals surface area contributed by atoms with Gasteiger partial charge in [0, 0.05) is 19.8 Å². The van der Waals surface area contributed by atoms with E-state index in [1.165, 1.54) is 12.1 Å². The summed E-state index contributed by atoms with van der Waals surface area (Å²) < 4.78 is 18.6. The zero-order valence-electron chi connectivity index (χ0n) is 9.99. The number of rotatable bonds is 4. The number of hydrogen-bond acceptors (Lipinski definition) is 3. The molecular weight excluding hydrogens is 237 g/mol. The van der Waals surface area contributed by atoms with Gasteiger partial charge in [-0.2, -0.15) is 0 Å². The van der Waals surface area contributed by atoms with E-state index in [1.807, 2.05) is 0 Å². The van der Waals surface area contributed by atoms with Crippen molar-refractivity contribution in [2.45, 2.75) is 12.8 Å². The molecule has 18 heavy (non-hydrogen) atoms. The van der Waals surface area contributed by atoms with Crippen LogP contribution in [0.1, 0.15) is 23.2 Å². The Bertz CT molecular complexity index is 410. The Morgan fingerprint density at radius 2 is 2.39 bits per heavy atom. The molecule has 1 aromatic rings. The molecule has 1 atom stereocenters. The van der Waals surface area contributed by atoms with Gasteiger partial charge >= 0.3 is 0 Å². The molecule has 1 unspecified atom stereocenters. The first-order valence-corrected chi connectivity index (χ1v) is 6.02. The minimum atomic E-state index is -0.711. The standard InChI is InChI=1S/C13H16FNO3/c14-10-2-1-3-11(16)12(10)13(17)15-6-4-9-5-7-18-8-9/h1-3,9,16H,4-8H2,(H,15,17). The number of phenolic OH excluding ortho intramolecular Hbond substituents is 1. The number of aromatic hydroxyl groups is 1. The third-order valence-electron chi connectivity index (χ3n) is 3.08. The first-order chi connectivity index (χ1) is 8.68. The molecule has 2 N–H and O–H groups in total. The third-order valence-corrected chi connectivity index (χ3v) is 3.08. The topological polar surface area (TPSA) is 58.6 Å². The Morgan fingerprint density at radius 3 is 3.06 bits per heavy atom. The van der Waals surface area contributed by atoms with Crippen molar-refractivity contribution in [3.63, 3.8) is 0 Å². The predicted molar refractivity (Wildman–Crippen MR) is 63.9 cm³/mol. The van der Waals surface area contributed by atoms with Crippen LogP contribution in [0.2, 0.25) is 0 Å².